The lowest BCUT2D eigenvalue weighted by Gasteiger charge is -2.47. The minimum absolute atomic E-state index is 0.390. The lowest BCUT2D eigenvalue weighted by Crippen LogP contribution is -2.57. The highest BCUT2D eigenvalue weighted by Crippen LogP contribution is 2.34. The number of hydrogen-bond acceptors (Lipinski definition) is 4. The van der Waals surface area contributed by atoms with Crippen molar-refractivity contribution in [1.29, 1.82) is 0 Å². The number of halogens is 2. The van der Waals surface area contributed by atoms with Crippen LogP contribution in [-0.2, 0) is 4.74 Å². The predicted molar refractivity (Wildman–Crippen MR) is 86.0 cm³/mol. The molecular weight excluding hydrogens is 300 g/mol. The van der Waals surface area contributed by atoms with E-state index in [1.165, 1.54) is 0 Å². The highest BCUT2D eigenvalue weighted by molar-refractivity contribution is 5.89. The largest absolute Gasteiger partial charge is 0.366 e. The number of benzene rings is 1. The maximum Gasteiger partial charge on any atom is 0.297 e. The SMILES string of the molecule is CC1(C)CN(c2nc(C(F)F)nc3ccccc23)CC(C)(C)O1. The number of nitrogens with zero attached hydrogens (tertiary/aromatic N) is 3. The number of morpholine rings is 1. The predicted octanol–water partition coefficient (Wildman–Crippen LogP) is 3.96. The Morgan fingerprint density at radius 3 is 2.26 bits per heavy atom. The molecule has 4 nitrogen and oxygen atoms in total. The summed E-state index contributed by atoms with van der Waals surface area (Å²) in [5.74, 6) is 0.121. The molecule has 1 aliphatic heterocycles. The molecule has 124 valence electrons. The molecule has 3 rings (SSSR count). The van der Waals surface area contributed by atoms with E-state index in [4.69, 9.17) is 4.74 Å². The summed E-state index contributed by atoms with van der Waals surface area (Å²) in [7, 11) is 0. The molecule has 23 heavy (non-hydrogen) atoms. The number of alkyl halides is 2. The van der Waals surface area contributed by atoms with Crippen molar-refractivity contribution in [1.82, 2.24) is 9.97 Å². The maximum atomic E-state index is 13.2. The minimum Gasteiger partial charge on any atom is -0.366 e. The van der Waals surface area contributed by atoms with Gasteiger partial charge >= 0.3 is 0 Å². The fraction of sp³-hybridized carbons (Fsp3) is 0.529. The molecule has 0 saturated carbocycles. The van der Waals surface area contributed by atoms with E-state index in [1.54, 1.807) is 12.1 Å². The zero-order chi connectivity index (χ0) is 16.8. The molecule has 0 amide bonds. The van der Waals surface area contributed by atoms with Gasteiger partial charge in [-0.05, 0) is 39.8 Å². The second-order valence-electron chi connectivity index (χ2n) is 7.20. The topological polar surface area (TPSA) is 38.2 Å². The van der Waals surface area contributed by atoms with E-state index in [1.807, 2.05) is 44.7 Å². The second-order valence-corrected chi connectivity index (χ2v) is 7.20. The third-order valence-corrected chi connectivity index (χ3v) is 3.79. The van der Waals surface area contributed by atoms with Gasteiger partial charge in [-0.15, -0.1) is 0 Å². The van der Waals surface area contributed by atoms with Gasteiger partial charge in [-0.2, -0.15) is 0 Å². The van der Waals surface area contributed by atoms with E-state index in [0.29, 0.717) is 24.4 Å². The van der Waals surface area contributed by atoms with Crippen LogP contribution in [0.25, 0.3) is 10.9 Å². The van der Waals surface area contributed by atoms with Crippen LogP contribution in [-0.4, -0.2) is 34.3 Å². The molecule has 6 heteroatoms. The zero-order valence-corrected chi connectivity index (χ0v) is 13.8. The number of ether oxygens (including phenoxy) is 1. The Kier molecular flexibility index (Phi) is 3.75. The number of fused-ring (bicyclic) bond motifs is 1. The van der Waals surface area contributed by atoms with Crippen LogP contribution < -0.4 is 4.90 Å². The van der Waals surface area contributed by atoms with Crippen molar-refractivity contribution in [2.24, 2.45) is 0 Å². The first-order valence-electron chi connectivity index (χ1n) is 7.67. The number of para-hydroxylation sites is 1. The van der Waals surface area contributed by atoms with Crippen molar-refractivity contribution < 1.29 is 13.5 Å². The molecule has 0 N–H and O–H groups in total. The third-order valence-electron chi connectivity index (χ3n) is 3.79. The van der Waals surface area contributed by atoms with Gasteiger partial charge in [-0.25, -0.2) is 18.7 Å². The molecular formula is C17H21F2N3O. The van der Waals surface area contributed by atoms with E-state index in [9.17, 15) is 8.78 Å². The molecule has 2 heterocycles. The van der Waals surface area contributed by atoms with Crippen molar-refractivity contribution >= 4 is 16.7 Å². The van der Waals surface area contributed by atoms with E-state index < -0.39 is 23.5 Å². The second kappa shape index (κ2) is 5.37. The molecule has 1 aliphatic rings. The Morgan fingerprint density at radius 1 is 1.04 bits per heavy atom. The van der Waals surface area contributed by atoms with Crippen LogP contribution in [0.2, 0.25) is 0 Å². The summed E-state index contributed by atoms with van der Waals surface area (Å²) in [6.45, 7) is 9.16. The monoisotopic (exact) mass is 321 g/mol. The Labute approximate surface area is 134 Å². The molecule has 1 aromatic heterocycles. The van der Waals surface area contributed by atoms with Crippen molar-refractivity contribution in [2.75, 3.05) is 18.0 Å². The normalized spacial score (nSPS) is 20.2. The standard InChI is InChI=1S/C17H21F2N3O/c1-16(2)9-22(10-17(3,4)23-16)15-11-7-5-6-8-12(11)20-14(21-15)13(18)19/h5-8,13H,9-10H2,1-4H3. The molecule has 0 radical (unpaired) electrons. The lowest BCUT2D eigenvalue weighted by atomic mass is 9.98. The first kappa shape index (κ1) is 16.1. The molecule has 0 aliphatic carbocycles. The van der Waals surface area contributed by atoms with E-state index >= 15 is 0 Å². The molecule has 1 aromatic carbocycles. The van der Waals surface area contributed by atoms with Crippen LogP contribution in [0.4, 0.5) is 14.6 Å². The van der Waals surface area contributed by atoms with Gasteiger partial charge < -0.3 is 9.64 Å². The van der Waals surface area contributed by atoms with Gasteiger partial charge in [0.05, 0.1) is 16.7 Å². The first-order chi connectivity index (χ1) is 10.7. The number of rotatable bonds is 2. The van der Waals surface area contributed by atoms with Crippen LogP contribution in [0.1, 0.15) is 39.9 Å². The van der Waals surface area contributed by atoms with Gasteiger partial charge in [0.15, 0.2) is 5.82 Å². The van der Waals surface area contributed by atoms with Crippen molar-refractivity contribution in [3.05, 3.63) is 30.1 Å². The molecule has 0 atom stereocenters. The third kappa shape index (κ3) is 3.27. The summed E-state index contributed by atoms with van der Waals surface area (Å²) in [4.78, 5) is 10.2. The maximum absolute atomic E-state index is 13.2. The van der Waals surface area contributed by atoms with Crippen molar-refractivity contribution in [3.63, 3.8) is 0 Å². The van der Waals surface area contributed by atoms with Gasteiger partial charge in [0, 0.05) is 18.5 Å². The van der Waals surface area contributed by atoms with Gasteiger partial charge in [0.25, 0.3) is 6.43 Å². The average molecular weight is 321 g/mol. The summed E-state index contributed by atoms with van der Waals surface area (Å²) >= 11 is 0. The van der Waals surface area contributed by atoms with E-state index in [0.717, 1.165) is 5.39 Å². The number of aromatic nitrogens is 2. The molecule has 1 saturated heterocycles. The lowest BCUT2D eigenvalue weighted by molar-refractivity contribution is -0.133. The molecule has 0 bridgehead atoms. The zero-order valence-electron chi connectivity index (χ0n) is 13.8. The molecule has 2 aromatic rings. The van der Waals surface area contributed by atoms with E-state index in [-0.39, 0.29) is 0 Å². The smallest absolute Gasteiger partial charge is 0.297 e. The summed E-state index contributed by atoms with van der Waals surface area (Å²) in [6, 6.07) is 7.27. The van der Waals surface area contributed by atoms with E-state index in [2.05, 4.69) is 9.97 Å². The number of anilines is 1. The van der Waals surface area contributed by atoms with Crippen LogP contribution in [0, 0.1) is 0 Å². The summed E-state index contributed by atoms with van der Waals surface area (Å²) in [5.41, 5.74) is -0.243. The van der Waals surface area contributed by atoms with Crippen LogP contribution in [0.15, 0.2) is 24.3 Å². The van der Waals surface area contributed by atoms with Gasteiger partial charge in [0.1, 0.15) is 5.82 Å². The summed E-state index contributed by atoms with van der Waals surface area (Å²) < 4.78 is 32.4. The quantitative estimate of drug-likeness (QED) is 0.839. The van der Waals surface area contributed by atoms with Gasteiger partial charge in [-0.1, -0.05) is 12.1 Å². The molecule has 1 fully saturated rings. The molecule has 0 unspecified atom stereocenters. The minimum atomic E-state index is -2.69. The average Bonchev–Trinajstić information content (AvgIpc) is 2.42. The van der Waals surface area contributed by atoms with Gasteiger partial charge in [-0.3, -0.25) is 0 Å². The Balaban J connectivity index is 2.14. The van der Waals surface area contributed by atoms with Crippen molar-refractivity contribution in [3.8, 4) is 0 Å². The highest BCUT2D eigenvalue weighted by atomic mass is 19.3. The van der Waals surface area contributed by atoms with Crippen molar-refractivity contribution in [2.45, 2.75) is 45.3 Å². The summed E-state index contributed by atoms with van der Waals surface area (Å²) in [6.07, 6.45) is -2.69. The Hall–Kier alpha value is -1.82. The van der Waals surface area contributed by atoms with Crippen LogP contribution >= 0.6 is 0 Å². The first-order valence-corrected chi connectivity index (χ1v) is 7.67. The summed E-state index contributed by atoms with van der Waals surface area (Å²) in [5, 5.41) is 0.783. The Bertz CT molecular complexity index is 715. The Morgan fingerprint density at radius 2 is 1.65 bits per heavy atom. The molecule has 0 spiro atoms. The fourth-order valence-corrected chi connectivity index (χ4v) is 3.35. The highest BCUT2D eigenvalue weighted by Gasteiger charge is 2.39. The fourth-order valence-electron chi connectivity index (χ4n) is 3.35. The van der Waals surface area contributed by atoms with Crippen LogP contribution in [0.3, 0.4) is 0 Å². The number of hydrogen-bond donors (Lipinski definition) is 0. The van der Waals surface area contributed by atoms with Gasteiger partial charge in [0.2, 0.25) is 0 Å². The van der Waals surface area contributed by atoms with Crippen LogP contribution in [0.5, 0.6) is 0 Å².